The fourth-order valence-corrected chi connectivity index (χ4v) is 2.05. The number of rotatable bonds is 4. The number of primary amides is 1. The number of aliphatic imine (C=N–C) groups is 1. The molecule has 0 saturated heterocycles. The minimum absolute atomic E-state index is 0. The van der Waals surface area contributed by atoms with E-state index >= 15 is 0 Å². The Hall–Kier alpha value is -2.38. The molecule has 0 aromatic rings. The van der Waals surface area contributed by atoms with E-state index in [1.165, 1.54) is 7.05 Å². The van der Waals surface area contributed by atoms with Gasteiger partial charge in [0.15, 0.2) is 5.54 Å². The van der Waals surface area contributed by atoms with Gasteiger partial charge in [-0.05, 0) is 6.42 Å². The summed E-state index contributed by atoms with van der Waals surface area (Å²) in [6, 6.07) is 0.0114. The molecule has 1 aliphatic rings. The second kappa shape index (κ2) is 8.30. The van der Waals surface area contributed by atoms with E-state index in [1.54, 1.807) is 13.0 Å². The highest BCUT2D eigenvalue weighted by Gasteiger charge is 2.40. The van der Waals surface area contributed by atoms with E-state index in [0.717, 1.165) is 4.90 Å². The van der Waals surface area contributed by atoms with Gasteiger partial charge >= 0.3 is 6.03 Å². The summed E-state index contributed by atoms with van der Waals surface area (Å²) in [5, 5.41) is 13.6. The van der Waals surface area contributed by atoms with Gasteiger partial charge in [0.25, 0.3) is 11.8 Å². The third-order valence-electron chi connectivity index (χ3n) is 3.22. The number of guanidine groups is 1. The van der Waals surface area contributed by atoms with Gasteiger partial charge in [-0.1, -0.05) is 13.3 Å². The first-order chi connectivity index (χ1) is 10.2. The van der Waals surface area contributed by atoms with Gasteiger partial charge in [-0.2, -0.15) is 5.26 Å². The highest BCUT2D eigenvalue weighted by atomic mass is 35.5. The summed E-state index contributed by atoms with van der Waals surface area (Å²) >= 11 is 0. The van der Waals surface area contributed by atoms with Crippen LogP contribution in [-0.4, -0.2) is 53.9 Å². The van der Waals surface area contributed by atoms with Gasteiger partial charge in [0.05, 0.1) is 12.6 Å². The molecule has 0 aliphatic carbocycles. The lowest BCUT2D eigenvalue weighted by Gasteiger charge is -2.33. The van der Waals surface area contributed by atoms with Crippen molar-refractivity contribution in [1.82, 2.24) is 15.5 Å². The topological polar surface area (TPSA) is 167 Å². The monoisotopic (exact) mass is 345 g/mol. The fraction of sp³-hybridized carbons (Fsp3) is 0.583. The van der Waals surface area contributed by atoms with Gasteiger partial charge in [-0.25, -0.2) is 9.79 Å². The summed E-state index contributed by atoms with van der Waals surface area (Å²) in [6.07, 6.45) is 0.726. The summed E-state index contributed by atoms with van der Waals surface area (Å²) in [6.45, 7) is 1.73. The van der Waals surface area contributed by atoms with E-state index in [2.05, 4.69) is 15.6 Å². The number of likely N-dealkylation sites (N-methyl/N-ethyl adjacent to an activating group) is 1. The number of nitrogens with one attached hydrogen (secondary N) is 2. The molecule has 1 rings (SSSR count). The number of carbonyl (C=O) groups is 3. The molecule has 0 fully saturated rings. The van der Waals surface area contributed by atoms with Crippen LogP contribution < -0.4 is 22.1 Å². The van der Waals surface area contributed by atoms with Crippen molar-refractivity contribution >= 4 is 36.2 Å². The smallest absolute Gasteiger partial charge is 0.318 e. The lowest BCUT2D eigenvalue weighted by atomic mass is 9.94. The van der Waals surface area contributed by atoms with Crippen molar-refractivity contribution in [1.29, 1.82) is 5.26 Å². The molecule has 10 nitrogen and oxygen atoms in total. The van der Waals surface area contributed by atoms with Crippen molar-refractivity contribution in [2.24, 2.45) is 16.5 Å². The molecule has 23 heavy (non-hydrogen) atoms. The first-order valence-electron chi connectivity index (χ1n) is 6.64. The van der Waals surface area contributed by atoms with E-state index < -0.39 is 29.4 Å². The molecule has 0 radical (unpaired) electrons. The molecule has 2 unspecified atom stereocenters. The van der Waals surface area contributed by atoms with Crippen LogP contribution in [0.1, 0.15) is 19.8 Å². The molecule has 4 amide bonds. The Balaban J connectivity index is 0.00000484. The number of amides is 4. The van der Waals surface area contributed by atoms with Crippen molar-refractivity contribution < 1.29 is 14.4 Å². The molecule has 0 aromatic carbocycles. The van der Waals surface area contributed by atoms with Crippen molar-refractivity contribution in [2.45, 2.75) is 31.3 Å². The van der Waals surface area contributed by atoms with Gasteiger partial charge in [0, 0.05) is 7.05 Å². The number of hydrogen-bond acceptors (Lipinski definition) is 6. The summed E-state index contributed by atoms with van der Waals surface area (Å²) in [5.74, 6) is -1.28. The molecular formula is C12H20ClN7O3. The molecule has 1 aliphatic heterocycles. The molecule has 1 heterocycles. The lowest BCUT2D eigenvalue weighted by Crippen LogP contribution is -2.62. The number of nitrogens with zero attached hydrogens (tertiary/aromatic N) is 3. The maximum Gasteiger partial charge on any atom is 0.318 e. The molecule has 2 atom stereocenters. The molecular weight excluding hydrogens is 326 g/mol. The largest absolute Gasteiger partial charge is 0.351 e. The Morgan fingerprint density at radius 1 is 1.61 bits per heavy atom. The highest BCUT2D eigenvalue weighted by molar-refractivity contribution is 6.07. The van der Waals surface area contributed by atoms with Crippen molar-refractivity contribution in [3.8, 4) is 6.07 Å². The number of nitriles is 1. The third-order valence-corrected chi connectivity index (χ3v) is 3.22. The van der Waals surface area contributed by atoms with Crippen molar-refractivity contribution in [3.05, 3.63) is 0 Å². The van der Waals surface area contributed by atoms with Gasteiger partial charge in [0.1, 0.15) is 6.04 Å². The van der Waals surface area contributed by atoms with Gasteiger partial charge < -0.3 is 16.4 Å². The normalized spacial score (nSPS) is 19.1. The van der Waals surface area contributed by atoms with Crippen LogP contribution in [0.4, 0.5) is 4.79 Å². The van der Waals surface area contributed by atoms with E-state index in [4.69, 9.17) is 16.7 Å². The summed E-state index contributed by atoms with van der Waals surface area (Å²) in [7, 11) is 1.38. The van der Waals surface area contributed by atoms with Crippen LogP contribution >= 0.6 is 12.4 Å². The van der Waals surface area contributed by atoms with Crippen LogP contribution in [0.2, 0.25) is 0 Å². The second-order valence-corrected chi connectivity index (χ2v) is 4.93. The van der Waals surface area contributed by atoms with Crippen LogP contribution in [0.5, 0.6) is 0 Å². The maximum absolute atomic E-state index is 12.4. The van der Waals surface area contributed by atoms with Crippen LogP contribution in [0.15, 0.2) is 4.99 Å². The zero-order valence-electron chi connectivity index (χ0n) is 12.8. The van der Waals surface area contributed by atoms with E-state index in [1.807, 2.05) is 0 Å². The van der Waals surface area contributed by atoms with E-state index in [-0.39, 0.29) is 31.3 Å². The van der Waals surface area contributed by atoms with Gasteiger partial charge in [-0.3, -0.25) is 20.2 Å². The summed E-state index contributed by atoms with van der Waals surface area (Å²) in [5.41, 5.74) is 9.04. The van der Waals surface area contributed by atoms with Crippen molar-refractivity contribution in [2.75, 3.05) is 13.6 Å². The van der Waals surface area contributed by atoms with Gasteiger partial charge in [0.2, 0.25) is 5.96 Å². The second-order valence-electron chi connectivity index (χ2n) is 4.93. The van der Waals surface area contributed by atoms with Crippen LogP contribution in [-0.2, 0) is 9.59 Å². The highest BCUT2D eigenvalue weighted by Crippen LogP contribution is 2.15. The number of hydrogen-bond donors (Lipinski definition) is 4. The zero-order valence-corrected chi connectivity index (χ0v) is 13.6. The van der Waals surface area contributed by atoms with E-state index in [0.29, 0.717) is 6.42 Å². The standard InChI is InChI=1S/C12H19N7O3.ClH/c1-3-4-12(15,6-13)9(21)19(2)7-5-16-11(17-8(7)20)18-10(14)22;/h7H,3-5,15H2,1-2H3,(H4,14,16,17,18,20,22);1H. The average Bonchev–Trinajstić information content (AvgIpc) is 2.45. The zero-order chi connectivity index (χ0) is 16.9. The summed E-state index contributed by atoms with van der Waals surface area (Å²) in [4.78, 5) is 40.1. The van der Waals surface area contributed by atoms with Gasteiger partial charge in [-0.15, -0.1) is 12.4 Å². The fourth-order valence-electron chi connectivity index (χ4n) is 2.05. The molecule has 0 bridgehead atoms. The minimum Gasteiger partial charge on any atom is -0.351 e. The van der Waals surface area contributed by atoms with Crippen LogP contribution in [0, 0.1) is 11.3 Å². The molecule has 128 valence electrons. The molecule has 0 aromatic heterocycles. The molecule has 11 heteroatoms. The Morgan fingerprint density at radius 2 is 2.22 bits per heavy atom. The quantitative estimate of drug-likeness (QED) is 0.481. The number of urea groups is 1. The maximum atomic E-state index is 12.4. The molecule has 6 N–H and O–H groups in total. The Kier molecular flexibility index (Phi) is 7.45. The summed E-state index contributed by atoms with van der Waals surface area (Å²) < 4.78 is 0. The first kappa shape index (κ1) is 20.6. The SMILES string of the molecule is CCCC(N)(C#N)C(=O)N(C)C1CN=C(NC(N)=O)NC1=O.Cl. The Bertz CT molecular complexity index is 559. The van der Waals surface area contributed by atoms with Crippen molar-refractivity contribution in [3.63, 3.8) is 0 Å². The Morgan fingerprint density at radius 3 is 2.65 bits per heavy atom. The average molecular weight is 346 g/mol. The van der Waals surface area contributed by atoms with E-state index in [9.17, 15) is 14.4 Å². The predicted molar refractivity (Wildman–Crippen MR) is 84.4 cm³/mol. The molecule has 0 spiro atoms. The number of carbonyl (C=O) groups excluding carboxylic acids is 3. The molecule has 0 saturated carbocycles. The first-order valence-corrected chi connectivity index (χ1v) is 6.64. The number of halogens is 1. The third kappa shape index (κ3) is 4.80. The van der Waals surface area contributed by atoms with Crippen LogP contribution in [0.25, 0.3) is 0 Å². The Labute approximate surface area is 139 Å². The predicted octanol–water partition coefficient (Wildman–Crippen LogP) is -1.59. The number of nitrogens with two attached hydrogens (primary N) is 2. The minimum atomic E-state index is -1.68. The van der Waals surface area contributed by atoms with Crippen LogP contribution in [0.3, 0.4) is 0 Å². The lowest BCUT2D eigenvalue weighted by molar-refractivity contribution is -0.141.